The van der Waals surface area contributed by atoms with Gasteiger partial charge in [-0.3, -0.25) is 0 Å². The van der Waals surface area contributed by atoms with Crippen LogP contribution in [-0.4, -0.2) is 29.2 Å². The van der Waals surface area contributed by atoms with Gasteiger partial charge in [0.15, 0.2) is 11.5 Å². The van der Waals surface area contributed by atoms with Crippen LogP contribution in [0, 0.1) is 0 Å². The lowest BCUT2D eigenvalue weighted by molar-refractivity contribution is 0.356. The fraction of sp³-hybridized carbons (Fsp3) is 0.133. The van der Waals surface area contributed by atoms with E-state index in [0.717, 1.165) is 22.2 Å². The third-order valence-corrected chi connectivity index (χ3v) is 3.37. The molecule has 0 spiro atoms. The summed E-state index contributed by atoms with van der Waals surface area (Å²) < 4.78 is 10.6. The Hall–Kier alpha value is -2.40. The van der Waals surface area contributed by atoms with E-state index in [0.29, 0.717) is 16.7 Å². The Kier molecular flexibility index (Phi) is 3.58. The first kappa shape index (κ1) is 13.6. The first-order valence-corrected chi connectivity index (χ1v) is 6.59. The zero-order chi connectivity index (χ0) is 14.8. The number of fused-ring (bicyclic) bond motifs is 1. The highest BCUT2D eigenvalue weighted by atomic mass is 35.5. The van der Waals surface area contributed by atoms with Gasteiger partial charge in [-0.2, -0.15) is 0 Å². The molecule has 0 fully saturated rings. The van der Waals surface area contributed by atoms with Crippen molar-refractivity contribution in [1.29, 1.82) is 0 Å². The van der Waals surface area contributed by atoms with Crippen LogP contribution in [0.3, 0.4) is 0 Å². The van der Waals surface area contributed by atoms with Crippen molar-refractivity contribution >= 4 is 22.5 Å². The zero-order valence-corrected chi connectivity index (χ0v) is 12.3. The summed E-state index contributed by atoms with van der Waals surface area (Å²) in [5.74, 6) is 1.26. The third kappa shape index (κ3) is 2.48. The Morgan fingerprint density at radius 1 is 0.952 bits per heavy atom. The third-order valence-electron chi connectivity index (χ3n) is 3.14. The van der Waals surface area contributed by atoms with E-state index in [4.69, 9.17) is 21.1 Å². The molecule has 3 aromatic rings. The number of methoxy groups -OCH3 is 2. The number of hydrogen-bond acceptors (Lipinski definition) is 5. The van der Waals surface area contributed by atoms with Gasteiger partial charge in [-0.05, 0) is 18.2 Å². The maximum absolute atomic E-state index is 5.82. The van der Waals surface area contributed by atoms with Gasteiger partial charge in [0.25, 0.3) is 0 Å². The van der Waals surface area contributed by atoms with Crippen LogP contribution in [0.2, 0.25) is 5.15 Å². The molecule has 2 aromatic heterocycles. The van der Waals surface area contributed by atoms with Gasteiger partial charge in [0.2, 0.25) is 0 Å². The molecule has 0 N–H and O–H groups in total. The highest BCUT2D eigenvalue weighted by molar-refractivity contribution is 6.29. The summed E-state index contributed by atoms with van der Waals surface area (Å²) in [5.41, 5.74) is 2.40. The van der Waals surface area contributed by atoms with Gasteiger partial charge in [0.1, 0.15) is 11.5 Å². The Balaban J connectivity index is 2.26. The van der Waals surface area contributed by atoms with Gasteiger partial charge < -0.3 is 9.47 Å². The molecule has 0 bridgehead atoms. The van der Waals surface area contributed by atoms with E-state index in [2.05, 4.69) is 15.0 Å². The zero-order valence-electron chi connectivity index (χ0n) is 11.5. The van der Waals surface area contributed by atoms with Crippen molar-refractivity contribution in [3.63, 3.8) is 0 Å². The Labute approximate surface area is 126 Å². The lowest BCUT2D eigenvalue weighted by atomic mass is 10.1. The van der Waals surface area contributed by atoms with Gasteiger partial charge in [-0.15, -0.1) is 0 Å². The Morgan fingerprint density at radius 2 is 1.71 bits per heavy atom. The van der Waals surface area contributed by atoms with E-state index in [1.54, 1.807) is 26.5 Å². The van der Waals surface area contributed by atoms with Crippen LogP contribution in [-0.2, 0) is 0 Å². The predicted molar refractivity (Wildman–Crippen MR) is 80.9 cm³/mol. The molecule has 2 heterocycles. The molecule has 0 saturated heterocycles. The van der Waals surface area contributed by atoms with E-state index in [-0.39, 0.29) is 0 Å². The van der Waals surface area contributed by atoms with Crippen molar-refractivity contribution in [2.75, 3.05) is 14.2 Å². The molecule has 0 aliphatic heterocycles. The Morgan fingerprint density at radius 3 is 2.38 bits per heavy atom. The molecule has 0 aliphatic carbocycles. The van der Waals surface area contributed by atoms with E-state index >= 15 is 0 Å². The second kappa shape index (κ2) is 5.54. The standard InChI is InChI=1S/C15H12ClN3O2/c1-20-12-5-10-11(6-13(12)21-2)18-8-19-15(10)9-3-4-14(16)17-7-9/h3-8H,1-2H3. The predicted octanol–water partition coefficient (Wildman–Crippen LogP) is 3.36. The van der Waals surface area contributed by atoms with Gasteiger partial charge in [0.05, 0.1) is 25.4 Å². The summed E-state index contributed by atoms with van der Waals surface area (Å²) in [7, 11) is 3.19. The van der Waals surface area contributed by atoms with E-state index in [9.17, 15) is 0 Å². The number of ether oxygens (including phenoxy) is 2. The van der Waals surface area contributed by atoms with Crippen LogP contribution in [0.5, 0.6) is 11.5 Å². The maximum atomic E-state index is 5.82. The second-order valence-electron chi connectivity index (χ2n) is 4.32. The maximum Gasteiger partial charge on any atom is 0.162 e. The fourth-order valence-corrected chi connectivity index (χ4v) is 2.24. The normalized spacial score (nSPS) is 10.6. The largest absolute Gasteiger partial charge is 0.493 e. The van der Waals surface area contributed by atoms with Crippen molar-refractivity contribution in [1.82, 2.24) is 15.0 Å². The van der Waals surface area contributed by atoms with Gasteiger partial charge >= 0.3 is 0 Å². The minimum atomic E-state index is 0.441. The second-order valence-corrected chi connectivity index (χ2v) is 4.70. The average molecular weight is 302 g/mol. The van der Waals surface area contributed by atoms with Gasteiger partial charge in [0, 0.05) is 23.2 Å². The van der Waals surface area contributed by atoms with Crippen LogP contribution in [0.25, 0.3) is 22.2 Å². The molecule has 1 aromatic carbocycles. The first-order chi connectivity index (χ1) is 10.2. The summed E-state index contributed by atoms with van der Waals surface area (Å²) in [6, 6.07) is 7.28. The number of rotatable bonds is 3. The van der Waals surface area contributed by atoms with Crippen LogP contribution in [0.1, 0.15) is 0 Å². The fourth-order valence-electron chi connectivity index (χ4n) is 2.13. The first-order valence-electron chi connectivity index (χ1n) is 6.21. The van der Waals surface area contributed by atoms with Crippen LogP contribution in [0.4, 0.5) is 0 Å². The number of hydrogen-bond donors (Lipinski definition) is 0. The van der Waals surface area contributed by atoms with E-state index in [1.165, 1.54) is 6.33 Å². The molecule has 0 atom stereocenters. The molecular formula is C15H12ClN3O2. The van der Waals surface area contributed by atoms with Gasteiger partial charge in [-0.1, -0.05) is 11.6 Å². The lowest BCUT2D eigenvalue weighted by Gasteiger charge is -2.10. The molecule has 0 saturated carbocycles. The molecule has 0 amide bonds. The number of nitrogens with zero attached hydrogens (tertiary/aromatic N) is 3. The summed E-state index contributed by atoms with van der Waals surface area (Å²) in [5, 5.41) is 1.30. The van der Waals surface area contributed by atoms with Crippen molar-refractivity contribution in [3.05, 3.63) is 41.9 Å². The summed E-state index contributed by atoms with van der Waals surface area (Å²) >= 11 is 5.82. The molecule has 0 unspecified atom stereocenters. The molecule has 0 radical (unpaired) electrons. The minimum Gasteiger partial charge on any atom is -0.493 e. The number of aromatic nitrogens is 3. The van der Waals surface area contributed by atoms with Crippen LogP contribution < -0.4 is 9.47 Å². The van der Waals surface area contributed by atoms with Crippen molar-refractivity contribution in [3.8, 4) is 22.8 Å². The number of halogens is 1. The lowest BCUT2D eigenvalue weighted by Crippen LogP contribution is -1.94. The molecule has 5 nitrogen and oxygen atoms in total. The summed E-state index contributed by atoms with van der Waals surface area (Å²) in [6.45, 7) is 0. The number of benzene rings is 1. The van der Waals surface area contributed by atoms with Crippen LogP contribution >= 0.6 is 11.6 Å². The summed E-state index contributed by atoms with van der Waals surface area (Å²) in [6.07, 6.45) is 3.19. The molecule has 0 aliphatic rings. The summed E-state index contributed by atoms with van der Waals surface area (Å²) in [4.78, 5) is 12.7. The highest BCUT2D eigenvalue weighted by Gasteiger charge is 2.12. The van der Waals surface area contributed by atoms with Gasteiger partial charge in [-0.25, -0.2) is 15.0 Å². The SMILES string of the molecule is COc1cc2ncnc(-c3ccc(Cl)nc3)c2cc1OC. The molecule has 21 heavy (non-hydrogen) atoms. The van der Waals surface area contributed by atoms with Crippen LogP contribution in [0.15, 0.2) is 36.8 Å². The number of pyridine rings is 1. The average Bonchev–Trinajstić information content (AvgIpc) is 2.53. The smallest absolute Gasteiger partial charge is 0.162 e. The monoisotopic (exact) mass is 301 g/mol. The van der Waals surface area contributed by atoms with Crippen molar-refractivity contribution < 1.29 is 9.47 Å². The Bertz CT molecular complexity index is 791. The highest BCUT2D eigenvalue weighted by Crippen LogP contribution is 2.34. The molecule has 3 rings (SSSR count). The topological polar surface area (TPSA) is 57.1 Å². The van der Waals surface area contributed by atoms with E-state index < -0.39 is 0 Å². The quantitative estimate of drug-likeness (QED) is 0.694. The molecule has 6 heteroatoms. The molecule has 106 valence electrons. The van der Waals surface area contributed by atoms with Crippen molar-refractivity contribution in [2.45, 2.75) is 0 Å². The van der Waals surface area contributed by atoms with E-state index in [1.807, 2.05) is 18.2 Å². The molecular weight excluding hydrogens is 290 g/mol. The minimum absolute atomic E-state index is 0.441. The van der Waals surface area contributed by atoms with Crippen molar-refractivity contribution in [2.24, 2.45) is 0 Å².